The zero-order valence-electron chi connectivity index (χ0n) is 21.0. The van der Waals surface area contributed by atoms with Crippen molar-refractivity contribution in [1.29, 1.82) is 0 Å². The molecule has 5 rings (SSSR count). The Morgan fingerprint density at radius 1 is 1.29 bits per heavy atom. The van der Waals surface area contributed by atoms with Gasteiger partial charge in [-0.05, 0) is 73.7 Å². The van der Waals surface area contributed by atoms with E-state index in [1.165, 1.54) is 48.8 Å². The van der Waals surface area contributed by atoms with Gasteiger partial charge in [0, 0.05) is 43.8 Å². The van der Waals surface area contributed by atoms with Crippen LogP contribution in [0.25, 0.3) is 0 Å². The van der Waals surface area contributed by atoms with Crippen LogP contribution in [0.4, 0.5) is 5.82 Å². The van der Waals surface area contributed by atoms with Crippen molar-refractivity contribution in [2.24, 2.45) is 5.92 Å². The number of ether oxygens (including phenoxy) is 2. The van der Waals surface area contributed by atoms with E-state index in [1.54, 1.807) is 0 Å². The molecular formula is C29H39N3O3. The van der Waals surface area contributed by atoms with E-state index in [0.717, 1.165) is 64.5 Å². The molecular weight excluding hydrogens is 438 g/mol. The summed E-state index contributed by atoms with van der Waals surface area (Å²) in [6.45, 7) is 5.76. The van der Waals surface area contributed by atoms with Crippen LogP contribution >= 0.6 is 0 Å². The molecule has 6 nitrogen and oxygen atoms in total. The number of methoxy groups -OCH3 is 1. The van der Waals surface area contributed by atoms with Crippen molar-refractivity contribution in [3.05, 3.63) is 58.8 Å². The van der Waals surface area contributed by atoms with Crippen molar-refractivity contribution >= 4 is 11.8 Å². The number of hydrogen-bond donors (Lipinski definition) is 1. The Labute approximate surface area is 209 Å². The van der Waals surface area contributed by atoms with Crippen molar-refractivity contribution < 1.29 is 14.3 Å². The predicted octanol–water partition coefficient (Wildman–Crippen LogP) is 4.55. The number of likely N-dealkylation sites (tertiary alicyclic amines) is 1. The number of hydrogen-bond acceptors (Lipinski definition) is 6. The summed E-state index contributed by atoms with van der Waals surface area (Å²) in [5.41, 5.74) is 5.14. The van der Waals surface area contributed by atoms with Crippen molar-refractivity contribution in [1.82, 2.24) is 9.88 Å². The first-order valence-electron chi connectivity index (χ1n) is 13.4. The third-order valence-corrected chi connectivity index (χ3v) is 8.03. The molecule has 3 atom stereocenters. The summed E-state index contributed by atoms with van der Waals surface area (Å²) in [4.78, 5) is 19.7. The monoisotopic (exact) mass is 477 g/mol. The highest BCUT2D eigenvalue weighted by molar-refractivity contribution is 5.70. The summed E-state index contributed by atoms with van der Waals surface area (Å²) in [5, 5.41) is 3.45. The third-order valence-electron chi connectivity index (χ3n) is 8.03. The Hall–Kier alpha value is -2.44. The first kappa shape index (κ1) is 24.3. The van der Waals surface area contributed by atoms with Gasteiger partial charge in [0.15, 0.2) is 0 Å². The van der Waals surface area contributed by atoms with Crippen molar-refractivity contribution in [3.8, 4) is 0 Å². The number of pyridine rings is 1. The molecule has 2 fully saturated rings. The van der Waals surface area contributed by atoms with Gasteiger partial charge in [0.05, 0.1) is 20.1 Å². The minimum atomic E-state index is -0.132. The fourth-order valence-electron chi connectivity index (χ4n) is 5.92. The summed E-state index contributed by atoms with van der Waals surface area (Å²) in [7, 11) is 1.49. The maximum absolute atomic E-state index is 12.3. The lowest BCUT2D eigenvalue weighted by Gasteiger charge is -2.24. The maximum Gasteiger partial charge on any atom is 0.306 e. The lowest BCUT2D eigenvalue weighted by atomic mass is 9.90. The van der Waals surface area contributed by atoms with Gasteiger partial charge in [-0.15, -0.1) is 0 Å². The molecule has 3 aliphatic rings. The second kappa shape index (κ2) is 11.5. The third kappa shape index (κ3) is 6.22. The number of rotatable bonds is 9. The molecule has 2 aromatic rings. The number of aromatic nitrogens is 1. The molecule has 4 heterocycles. The minimum absolute atomic E-state index is 0.132. The second-order valence-electron chi connectivity index (χ2n) is 10.5. The van der Waals surface area contributed by atoms with Crippen molar-refractivity contribution in [2.75, 3.05) is 51.8 Å². The van der Waals surface area contributed by atoms with Crippen LogP contribution in [0.2, 0.25) is 0 Å². The van der Waals surface area contributed by atoms with E-state index in [0.29, 0.717) is 18.3 Å². The topological polar surface area (TPSA) is 63.7 Å². The molecule has 0 saturated carbocycles. The Kier molecular flexibility index (Phi) is 7.99. The molecule has 2 unspecified atom stereocenters. The zero-order valence-corrected chi connectivity index (χ0v) is 21.0. The van der Waals surface area contributed by atoms with Crippen molar-refractivity contribution in [2.45, 2.75) is 56.8 Å². The van der Waals surface area contributed by atoms with Crippen LogP contribution in [0.5, 0.6) is 0 Å². The van der Waals surface area contributed by atoms with Crippen LogP contribution in [0.15, 0.2) is 36.4 Å². The van der Waals surface area contributed by atoms with Crippen molar-refractivity contribution in [3.63, 3.8) is 0 Å². The van der Waals surface area contributed by atoms with E-state index in [1.807, 2.05) is 0 Å². The van der Waals surface area contributed by atoms with E-state index in [2.05, 4.69) is 46.6 Å². The number of anilines is 1. The average molecular weight is 478 g/mol. The number of nitrogens with one attached hydrogen (secondary N) is 1. The normalized spacial score (nSPS) is 23.0. The molecule has 0 amide bonds. The first-order chi connectivity index (χ1) is 17.2. The molecule has 1 aromatic heterocycles. The largest absolute Gasteiger partial charge is 0.469 e. The summed E-state index contributed by atoms with van der Waals surface area (Å²) in [6, 6.07) is 13.3. The van der Waals surface area contributed by atoms with Gasteiger partial charge in [0.25, 0.3) is 0 Å². The Morgan fingerprint density at radius 3 is 3.09 bits per heavy atom. The Bertz CT molecular complexity index is 1000. The van der Waals surface area contributed by atoms with Crippen LogP contribution in [0.1, 0.15) is 66.3 Å². The molecule has 0 radical (unpaired) electrons. The minimum Gasteiger partial charge on any atom is -0.469 e. The zero-order chi connectivity index (χ0) is 24.0. The highest BCUT2D eigenvalue weighted by Gasteiger charge is 2.27. The quantitative estimate of drug-likeness (QED) is 0.535. The number of carbonyl (C=O) groups excluding carboxylic acids is 1. The summed E-state index contributed by atoms with van der Waals surface area (Å²) in [5.74, 6) is 2.27. The van der Waals surface area contributed by atoms with Gasteiger partial charge in [0.1, 0.15) is 5.82 Å². The van der Waals surface area contributed by atoms with Crippen LogP contribution in [0, 0.1) is 5.92 Å². The van der Waals surface area contributed by atoms with E-state index in [-0.39, 0.29) is 11.9 Å². The lowest BCUT2D eigenvalue weighted by Crippen LogP contribution is -2.28. The Balaban J connectivity index is 1.19. The smallest absolute Gasteiger partial charge is 0.306 e. The molecule has 188 valence electrons. The summed E-state index contributed by atoms with van der Waals surface area (Å²) in [6.07, 6.45) is 7.25. The molecule has 1 N–H and O–H groups in total. The fraction of sp³-hybridized carbons (Fsp3) is 0.586. The molecule has 0 bridgehead atoms. The van der Waals surface area contributed by atoms with Gasteiger partial charge in [-0.1, -0.05) is 30.3 Å². The van der Waals surface area contributed by atoms with Crippen LogP contribution in [-0.2, 0) is 27.1 Å². The van der Waals surface area contributed by atoms with Gasteiger partial charge >= 0.3 is 5.97 Å². The average Bonchev–Trinajstić information content (AvgIpc) is 3.60. The molecule has 2 saturated heterocycles. The number of nitrogens with zero attached hydrogens (tertiary/aromatic N) is 2. The van der Waals surface area contributed by atoms with Gasteiger partial charge in [-0.2, -0.15) is 0 Å². The van der Waals surface area contributed by atoms with Gasteiger partial charge < -0.3 is 19.7 Å². The first-order valence-corrected chi connectivity index (χ1v) is 13.4. The van der Waals surface area contributed by atoms with E-state index < -0.39 is 0 Å². The highest BCUT2D eigenvalue weighted by atomic mass is 16.5. The highest BCUT2D eigenvalue weighted by Crippen LogP contribution is 2.31. The standard InChI is InChI=1S/C29H39N3O3/c1-34-28(33)17-26(24-5-2-4-23(16-24)25-12-15-35-20-25)19-32-14-11-21(18-32)7-9-27-10-8-22-6-3-13-30-29(22)31-27/h2,4-5,8,10,16,21,25-26H,3,6-7,9,11-15,17-20H2,1H3,(H,30,31)/t21?,25?,26-/m1/s1. The number of benzene rings is 1. The molecule has 3 aliphatic heterocycles. The number of aryl methyl sites for hydroxylation is 2. The van der Waals surface area contributed by atoms with E-state index in [4.69, 9.17) is 14.5 Å². The van der Waals surface area contributed by atoms with Gasteiger partial charge in [0.2, 0.25) is 0 Å². The number of carbonyl (C=O) groups is 1. The SMILES string of the molecule is COC(=O)C[C@H](CN1CCC(CCc2ccc3c(n2)NCCC3)C1)c1cccc(C2CCOC2)c1. The summed E-state index contributed by atoms with van der Waals surface area (Å²) < 4.78 is 10.7. The summed E-state index contributed by atoms with van der Waals surface area (Å²) >= 11 is 0. The number of esters is 1. The van der Waals surface area contributed by atoms with Gasteiger partial charge in [-0.25, -0.2) is 4.98 Å². The molecule has 0 aliphatic carbocycles. The Morgan fingerprint density at radius 2 is 2.23 bits per heavy atom. The lowest BCUT2D eigenvalue weighted by molar-refractivity contribution is -0.141. The molecule has 1 aromatic carbocycles. The molecule has 35 heavy (non-hydrogen) atoms. The molecule has 0 spiro atoms. The van der Waals surface area contributed by atoms with E-state index >= 15 is 0 Å². The van der Waals surface area contributed by atoms with E-state index in [9.17, 15) is 4.79 Å². The number of fused-ring (bicyclic) bond motifs is 1. The fourth-order valence-corrected chi connectivity index (χ4v) is 5.92. The van der Waals surface area contributed by atoms with Crippen LogP contribution in [-0.4, -0.2) is 62.4 Å². The van der Waals surface area contributed by atoms with Crippen LogP contribution in [0.3, 0.4) is 0 Å². The maximum atomic E-state index is 12.3. The predicted molar refractivity (Wildman–Crippen MR) is 138 cm³/mol. The van der Waals surface area contributed by atoms with Gasteiger partial charge in [-0.3, -0.25) is 4.79 Å². The van der Waals surface area contributed by atoms with Crippen LogP contribution < -0.4 is 5.32 Å². The molecule has 6 heteroatoms. The second-order valence-corrected chi connectivity index (χ2v) is 10.5.